The summed E-state index contributed by atoms with van der Waals surface area (Å²) in [6.07, 6.45) is 16.4. The van der Waals surface area contributed by atoms with E-state index in [4.69, 9.17) is 11.6 Å². The molecule has 0 radical (unpaired) electrons. The van der Waals surface area contributed by atoms with Gasteiger partial charge in [-0.25, -0.2) is 0 Å². The second-order valence-electron chi connectivity index (χ2n) is 5.07. The zero-order valence-corrected chi connectivity index (χ0v) is 13.7. The highest BCUT2D eigenvalue weighted by molar-refractivity contribution is 6.50. The molecule has 0 aliphatic heterocycles. The van der Waals surface area contributed by atoms with Gasteiger partial charge >= 0.3 is 0 Å². The van der Waals surface area contributed by atoms with E-state index >= 15 is 0 Å². The Bertz CT molecular complexity index is 667. The summed E-state index contributed by atoms with van der Waals surface area (Å²) in [6.45, 7) is 5.85. The van der Waals surface area contributed by atoms with Crippen LogP contribution >= 0.6 is 11.6 Å². The minimum Gasteiger partial charge on any atom is -0.0990 e. The molecule has 0 unspecified atom stereocenters. The van der Waals surface area contributed by atoms with Crippen LogP contribution in [-0.4, -0.2) is 0 Å². The van der Waals surface area contributed by atoms with Crippen molar-refractivity contribution in [3.05, 3.63) is 102 Å². The van der Waals surface area contributed by atoms with Gasteiger partial charge in [0, 0.05) is 5.57 Å². The SMILES string of the molecule is C=C/C=C(\C=C/C)C(/C1=CC=CCC1)=C(\Cl)c1ccccc1. The molecule has 1 aromatic rings. The van der Waals surface area contributed by atoms with Crippen LogP contribution in [-0.2, 0) is 0 Å². The van der Waals surface area contributed by atoms with Gasteiger partial charge in [-0.05, 0) is 36.5 Å². The second kappa shape index (κ2) is 8.41. The maximum Gasteiger partial charge on any atom is 0.0559 e. The molecule has 0 saturated carbocycles. The third-order valence-electron chi connectivity index (χ3n) is 3.51. The first-order chi connectivity index (χ1) is 10.8. The van der Waals surface area contributed by atoms with Crippen molar-refractivity contribution in [2.24, 2.45) is 0 Å². The van der Waals surface area contributed by atoms with Gasteiger partial charge in [-0.3, -0.25) is 0 Å². The summed E-state index contributed by atoms with van der Waals surface area (Å²) >= 11 is 6.78. The molecule has 112 valence electrons. The van der Waals surface area contributed by atoms with Crippen molar-refractivity contribution in [1.82, 2.24) is 0 Å². The first-order valence-corrected chi connectivity index (χ1v) is 7.92. The lowest BCUT2D eigenvalue weighted by atomic mass is 9.89. The summed E-state index contributed by atoms with van der Waals surface area (Å²) in [5, 5.41) is 0.786. The molecule has 1 aliphatic rings. The molecule has 0 nitrogen and oxygen atoms in total. The number of hydrogen-bond donors (Lipinski definition) is 0. The van der Waals surface area contributed by atoms with E-state index in [0.717, 1.165) is 34.6 Å². The van der Waals surface area contributed by atoms with Gasteiger partial charge in [0.25, 0.3) is 0 Å². The van der Waals surface area contributed by atoms with E-state index in [1.54, 1.807) is 0 Å². The molecular formula is C21H21Cl. The quantitative estimate of drug-likeness (QED) is 0.537. The fraction of sp³-hybridized carbons (Fsp3) is 0.143. The molecule has 0 saturated heterocycles. The smallest absolute Gasteiger partial charge is 0.0559 e. The summed E-state index contributed by atoms with van der Waals surface area (Å²) < 4.78 is 0. The molecule has 0 aromatic heterocycles. The summed E-state index contributed by atoms with van der Waals surface area (Å²) in [4.78, 5) is 0. The van der Waals surface area contributed by atoms with E-state index in [0.29, 0.717) is 0 Å². The molecule has 22 heavy (non-hydrogen) atoms. The molecule has 0 N–H and O–H groups in total. The van der Waals surface area contributed by atoms with Crippen LogP contribution in [0.15, 0.2) is 96.2 Å². The monoisotopic (exact) mass is 308 g/mol. The van der Waals surface area contributed by atoms with Crippen molar-refractivity contribution in [2.75, 3.05) is 0 Å². The van der Waals surface area contributed by atoms with E-state index in [9.17, 15) is 0 Å². The molecule has 1 aliphatic carbocycles. The van der Waals surface area contributed by atoms with Gasteiger partial charge in [-0.15, -0.1) is 0 Å². The van der Waals surface area contributed by atoms with Crippen LogP contribution in [0.25, 0.3) is 5.03 Å². The predicted octanol–water partition coefficient (Wildman–Crippen LogP) is 6.60. The zero-order chi connectivity index (χ0) is 15.8. The lowest BCUT2D eigenvalue weighted by Crippen LogP contribution is -1.98. The Morgan fingerprint density at radius 1 is 1.23 bits per heavy atom. The third kappa shape index (κ3) is 3.99. The van der Waals surface area contributed by atoms with Crippen molar-refractivity contribution in [2.45, 2.75) is 19.8 Å². The minimum atomic E-state index is 0.786. The summed E-state index contributed by atoms with van der Waals surface area (Å²) in [5.74, 6) is 0. The third-order valence-corrected chi connectivity index (χ3v) is 3.92. The van der Waals surface area contributed by atoms with Crippen molar-refractivity contribution in [3.63, 3.8) is 0 Å². The van der Waals surface area contributed by atoms with E-state index in [-0.39, 0.29) is 0 Å². The lowest BCUT2D eigenvalue weighted by Gasteiger charge is -2.17. The van der Waals surface area contributed by atoms with Crippen molar-refractivity contribution in [1.29, 1.82) is 0 Å². The Labute approximate surface area is 138 Å². The van der Waals surface area contributed by atoms with Gasteiger partial charge in [0.2, 0.25) is 0 Å². The first-order valence-electron chi connectivity index (χ1n) is 7.55. The molecule has 0 atom stereocenters. The summed E-state index contributed by atoms with van der Waals surface area (Å²) in [5.41, 5.74) is 4.49. The van der Waals surface area contributed by atoms with Crippen molar-refractivity contribution < 1.29 is 0 Å². The van der Waals surface area contributed by atoms with E-state index < -0.39 is 0 Å². The van der Waals surface area contributed by atoms with Crippen LogP contribution in [0.5, 0.6) is 0 Å². The van der Waals surface area contributed by atoms with Crippen LogP contribution in [0.3, 0.4) is 0 Å². The van der Waals surface area contributed by atoms with Crippen molar-refractivity contribution >= 4 is 16.6 Å². The average Bonchev–Trinajstić information content (AvgIpc) is 2.57. The molecule has 2 rings (SSSR count). The minimum absolute atomic E-state index is 0.786. The number of halogens is 1. The van der Waals surface area contributed by atoms with E-state index in [1.165, 1.54) is 5.57 Å². The molecule has 0 heterocycles. The van der Waals surface area contributed by atoms with Crippen LogP contribution in [0, 0.1) is 0 Å². The van der Waals surface area contributed by atoms with Gasteiger partial charge in [-0.2, -0.15) is 0 Å². The van der Waals surface area contributed by atoms with Gasteiger partial charge < -0.3 is 0 Å². The van der Waals surface area contributed by atoms with E-state index in [1.807, 2.05) is 55.5 Å². The first kappa shape index (κ1) is 16.3. The Morgan fingerprint density at radius 2 is 2.00 bits per heavy atom. The maximum absolute atomic E-state index is 6.78. The molecule has 0 amide bonds. The highest BCUT2D eigenvalue weighted by Crippen LogP contribution is 2.36. The van der Waals surface area contributed by atoms with Gasteiger partial charge in [-0.1, -0.05) is 91.0 Å². The van der Waals surface area contributed by atoms with Gasteiger partial charge in [0.15, 0.2) is 0 Å². The number of hydrogen-bond acceptors (Lipinski definition) is 0. The molecular weight excluding hydrogens is 288 g/mol. The summed E-state index contributed by atoms with van der Waals surface area (Å²) in [7, 11) is 0. The molecule has 0 spiro atoms. The standard InChI is InChI=1S/C21H21Cl/c1-3-11-17(12-4-2)20(18-13-7-5-8-14-18)21(22)19-15-9-6-10-16-19/h3-7,9-13,15-16H,1,8,14H2,2H3/b12-4-,17-11+,21-20+. The lowest BCUT2D eigenvalue weighted by molar-refractivity contribution is 0.976. The van der Waals surface area contributed by atoms with Crippen molar-refractivity contribution in [3.8, 4) is 0 Å². The predicted molar refractivity (Wildman–Crippen MR) is 98.8 cm³/mol. The van der Waals surface area contributed by atoms with Crippen LogP contribution in [0.2, 0.25) is 0 Å². The highest BCUT2D eigenvalue weighted by Gasteiger charge is 2.15. The average molecular weight is 309 g/mol. The van der Waals surface area contributed by atoms with Gasteiger partial charge in [0.1, 0.15) is 0 Å². The van der Waals surface area contributed by atoms with Crippen LogP contribution in [0.1, 0.15) is 25.3 Å². The highest BCUT2D eigenvalue weighted by atomic mass is 35.5. The Kier molecular flexibility index (Phi) is 6.24. The number of allylic oxidation sites excluding steroid dienone is 10. The largest absolute Gasteiger partial charge is 0.0990 e. The van der Waals surface area contributed by atoms with Crippen LogP contribution < -0.4 is 0 Å². The van der Waals surface area contributed by atoms with Crippen LogP contribution in [0.4, 0.5) is 0 Å². The maximum atomic E-state index is 6.78. The second-order valence-corrected chi connectivity index (χ2v) is 5.45. The number of rotatable bonds is 5. The summed E-state index contributed by atoms with van der Waals surface area (Å²) in [6, 6.07) is 10.1. The molecule has 0 bridgehead atoms. The topological polar surface area (TPSA) is 0 Å². The Hall–Kier alpha value is -2.05. The molecule has 1 heteroatoms. The zero-order valence-electron chi connectivity index (χ0n) is 12.9. The number of benzene rings is 1. The normalized spacial score (nSPS) is 16.5. The fourth-order valence-corrected chi connectivity index (χ4v) is 2.88. The molecule has 1 aromatic carbocycles. The van der Waals surface area contributed by atoms with Gasteiger partial charge in [0.05, 0.1) is 5.03 Å². The fourth-order valence-electron chi connectivity index (χ4n) is 2.52. The molecule has 0 fully saturated rings. The Balaban J connectivity index is 2.64. The Morgan fingerprint density at radius 3 is 2.59 bits per heavy atom. The van der Waals surface area contributed by atoms with E-state index in [2.05, 4.69) is 30.9 Å².